The third kappa shape index (κ3) is 4.02. The Balaban J connectivity index is 1.83. The molecular weight excluding hydrogens is 360 g/mol. The normalized spacial score (nSPS) is 11.3. The van der Waals surface area contributed by atoms with Crippen LogP contribution >= 0.6 is 34.9 Å². The summed E-state index contributed by atoms with van der Waals surface area (Å²) in [5, 5.41) is 9.43. The highest BCUT2D eigenvalue weighted by atomic mass is 32.2. The minimum atomic E-state index is -0.308. The molecular formula is C17H18N2O2S3. The van der Waals surface area contributed by atoms with Gasteiger partial charge >= 0.3 is 5.63 Å². The lowest BCUT2D eigenvalue weighted by molar-refractivity contribution is 0.559. The van der Waals surface area contributed by atoms with E-state index < -0.39 is 0 Å². The molecule has 0 spiro atoms. The molecule has 0 N–H and O–H groups in total. The van der Waals surface area contributed by atoms with Crippen LogP contribution in [-0.2, 0) is 5.75 Å². The highest BCUT2D eigenvalue weighted by Crippen LogP contribution is 2.32. The molecule has 0 aliphatic carbocycles. The first-order chi connectivity index (χ1) is 11.6. The Kier molecular flexibility index (Phi) is 5.63. The summed E-state index contributed by atoms with van der Waals surface area (Å²) in [5.41, 5.74) is 3.64. The number of hydrogen-bond donors (Lipinski definition) is 0. The highest BCUT2D eigenvalue weighted by Gasteiger charge is 2.10. The average Bonchev–Trinajstić information content (AvgIpc) is 3.00. The number of fused-ring (bicyclic) bond motifs is 1. The largest absolute Gasteiger partial charge is 0.423 e. The van der Waals surface area contributed by atoms with Gasteiger partial charge in [-0.15, -0.1) is 10.2 Å². The molecule has 1 aromatic carbocycles. The van der Waals surface area contributed by atoms with Crippen LogP contribution in [0.5, 0.6) is 0 Å². The topological polar surface area (TPSA) is 56.0 Å². The van der Waals surface area contributed by atoms with Gasteiger partial charge in [-0.05, 0) is 49.1 Å². The third-order valence-corrected chi connectivity index (χ3v) is 7.06. The fourth-order valence-corrected chi connectivity index (χ4v) is 5.18. The molecule has 24 heavy (non-hydrogen) atoms. The Morgan fingerprint density at radius 1 is 1.08 bits per heavy atom. The predicted octanol–water partition coefficient (Wildman–Crippen LogP) is 5.06. The zero-order chi connectivity index (χ0) is 17.1. The van der Waals surface area contributed by atoms with Crippen LogP contribution in [0.3, 0.4) is 0 Å². The minimum absolute atomic E-state index is 0.308. The van der Waals surface area contributed by atoms with E-state index in [4.69, 9.17) is 4.42 Å². The van der Waals surface area contributed by atoms with Crippen molar-refractivity contribution in [1.29, 1.82) is 0 Å². The fraction of sp³-hybridized carbons (Fsp3) is 0.353. The van der Waals surface area contributed by atoms with E-state index in [1.807, 2.05) is 13.0 Å². The summed E-state index contributed by atoms with van der Waals surface area (Å²) in [6.07, 6.45) is 1.12. The first kappa shape index (κ1) is 17.5. The zero-order valence-electron chi connectivity index (χ0n) is 13.8. The number of rotatable bonds is 6. The summed E-state index contributed by atoms with van der Waals surface area (Å²) in [7, 11) is 0. The van der Waals surface area contributed by atoms with Gasteiger partial charge in [0, 0.05) is 23.0 Å². The molecule has 2 aromatic heterocycles. The van der Waals surface area contributed by atoms with Crippen molar-refractivity contribution in [2.45, 2.75) is 41.6 Å². The lowest BCUT2D eigenvalue weighted by atomic mass is 10.0. The molecule has 0 fully saturated rings. The van der Waals surface area contributed by atoms with Gasteiger partial charge in [0.1, 0.15) is 5.58 Å². The van der Waals surface area contributed by atoms with Crippen LogP contribution in [0.1, 0.15) is 30.0 Å². The Bertz CT molecular complexity index is 918. The van der Waals surface area contributed by atoms with Gasteiger partial charge in [0.15, 0.2) is 8.68 Å². The quantitative estimate of drug-likeness (QED) is 0.442. The van der Waals surface area contributed by atoms with Gasteiger partial charge in [-0.1, -0.05) is 41.8 Å². The van der Waals surface area contributed by atoms with E-state index in [-0.39, 0.29) is 5.63 Å². The Hall–Kier alpha value is -1.31. The first-order valence-corrected chi connectivity index (χ1v) is 10.5. The molecule has 0 unspecified atom stereocenters. The Morgan fingerprint density at radius 3 is 2.54 bits per heavy atom. The van der Waals surface area contributed by atoms with Crippen molar-refractivity contribution in [3.8, 4) is 0 Å². The summed E-state index contributed by atoms with van der Waals surface area (Å²) in [6.45, 7) is 6.24. The maximum atomic E-state index is 11.8. The number of hydrogen-bond acceptors (Lipinski definition) is 7. The van der Waals surface area contributed by atoms with Crippen molar-refractivity contribution in [2.24, 2.45) is 0 Å². The molecule has 126 valence electrons. The van der Waals surface area contributed by atoms with Gasteiger partial charge < -0.3 is 4.42 Å². The second-order valence-electron chi connectivity index (χ2n) is 5.49. The third-order valence-electron chi connectivity index (χ3n) is 3.61. The molecule has 0 saturated heterocycles. The van der Waals surface area contributed by atoms with Crippen LogP contribution in [0.2, 0.25) is 0 Å². The molecule has 0 aliphatic heterocycles. The predicted molar refractivity (Wildman–Crippen MR) is 102 cm³/mol. The van der Waals surface area contributed by atoms with E-state index in [0.717, 1.165) is 37.4 Å². The van der Waals surface area contributed by atoms with E-state index in [2.05, 4.69) is 30.1 Å². The van der Waals surface area contributed by atoms with Gasteiger partial charge in [0.05, 0.1) is 0 Å². The summed E-state index contributed by atoms with van der Waals surface area (Å²) in [4.78, 5) is 11.8. The van der Waals surface area contributed by atoms with Crippen molar-refractivity contribution in [3.05, 3.63) is 45.3 Å². The summed E-state index contributed by atoms with van der Waals surface area (Å²) in [5.74, 6) is 1.74. The van der Waals surface area contributed by atoms with E-state index in [0.29, 0.717) is 11.3 Å². The van der Waals surface area contributed by atoms with Gasteiger partial charge in [0.25, 0.3) is 0 Å². The number of benzene rings is 1. The summed E-state index contributed by atoms with van der Waals surface area (Å²) >= 11 is 4.96. The van der Waals surface area contributed by atoms with Crippen molar-refractivity contribution >= 4 is 45.8 Å². The van der Waals surface area contributed by atoms with Crippen molar-refractivity contribution in [2.75, 3.05) is 5.75 Å². The second kappa shape index (κ2) is 7.72. The van der Waals surface area contributed by atoms with E-state index in [1.54, 1.807) is 40.9 Å². The maximum absolute atomic E-state index is 11.8. The summed E-state index contributed by atoms with van der Waals surface area (Å²) in [6, 6.07) is 5.61. The van der Waals surface area contributed by atoms with Crippen LogP contribution in [0, 0.1) is 13.8 Å². The zero-order valence-corrected chi connectivity index (χ0v) is 16.2. The van der Waals surface area contributed by atoms with Gasteiger partial charge in [-0.2, -0.15) is 0 Å². The second-order valence-corrected chi connectivity index (χ2v) is 9.04. The molecule has 3 rings (SSSR count). The van der Waals surface area contributed by atoms with Crippen LogP contribution in [-0.4, -0.2) is 16.0 Å². The molecule has 0 bridgehead atoms. The van der Waals surface area contributed by atoms with Gasteiger partial charge in [-0.25, -0.2) is 4.79 Å². The van der Waals surface area contributed by atoms with E-state index in [9.17, 15) is 4.79 Å². The number of nitrogens with zero attached hydrogens (tertiary/aromatic N) is 2. The number of aromatic nitrogens is 2. The maximum Gasteiger partial charge on any atom is 0.336 e. The van der Waals surface area contributed by atoms with Gasteiger partial charge in [0.2, 0.25) is 0 Å². The first-order valence-electron chi connectivity index (χ1n) is 7.70. The molecule has 2 heterocycles. The molecule has 3 aromatic rings. The lowest BCUT2D eigenvalue weighted by Gasteiger charge is -2.07. The van der Waals surface area contributed by atoms with Crippen molar-refractivity contribution in [1.82, 2.24) is 10.2 Å². The molecule has 7 heteroatoms. The van der Waals surface area contributed by atoms with E-state index in [1.165, 1.54) is 5.56 Å². The molecule has 0 amide bonds. The molecule has 0 radical (unpaired) electrons. The van der Waals surface area contributed by atoms with Crippen LogP contribution in [0.25, 0.3) is 11.0 Å². The van der Waals surface area contributed by atoms with Crippen molar-refractivity contribution in [3.63, 3.8) is 0 Å². The van der Waals surface area contributed by atoms with Crippen LogP contribution in [0.15, 0.2) is 36.1 Å². The SMILES string of the molecule is CCCSc1nnc(SCc2cc(=O)oc3cc(C)c(C)cc23)s1. The fourth-order valence-electron chi connectivity index (χ4n) is 2.25. The lowest BCUT2D eigenvalue weighted by Crippen LogP contribution is -2.00. The van der Waals surface area contributed by atoms with Crippen molar-refractivity contribution < 1.29 is 4.42 Å². The van der Waals surface area contributed by atoms with Crippen LogP contribution < -0.4 is 5.63 Å². The average molecular weight is 379 g/mol. The summed E-state index contributed by atoms with van der Waals surface area (Å²) < 4.78 is 7.28. The van der Waals surface area contributed by atoms with E-state index >= 15 is 0 Å². The molecule has 0 atom stereocenters. The molecule has 0 saturated carbocycles. The van der Waals surface area contributed by atoms with Crippen LogP contribution in [0.4, 0.5) is 0 Å². The Labute approximate surface area is 153 Å². The minimum Gasteiger partial charge on any atom is -0.423 e. The van der Waals surface area contributed by atoms with Gasteiger partial charge in [-0.3, -0.25) is 0 Å². The smallest absolute Gasteiger partial charge is 0.336 e. The highest BCUT2D eigenvalue weighted by molar-refractivity contribution is 8.02. The number of thioether (sulfide) groups is 2. The monoisotopic (exact) mass is 378 g/mol. The molecule has 0 aliphatic rings. The standard InChI is InChI=1S/C17H18N2O2S3/c1-4-5-22-16-18-19-17(24-16)23-9-12-8-15(20)21-14-7-11(3)10(2)6-13(12)14/h6-8H,4-5,9H2,1-3H3. The number of aryl methyl sites for hydroxylation is 2. The molecule has 4 nitrogen and oxygen atoms in total. The Morgan fingerprint density at radius 2 is 1.79 bits per heavy atom.